The number of nitrogens with two attached hydrogens (primary N) is 1. The van der Waals surface area contributed by atoms with Gasteiger partial charge in [0.15, 0.2) is 0 Å². The summed E-state index contributed by atoms with van der Waals surface area (Å²) >= 11 is 0. The Morgan fingerprint density at radius 1 is 1.12 bits per heavy atom. The predicted molar refractivity (Wildman–Crippen MR) is 92.3 cm³/mol. The Kier molecular flexibility index (Phi) is 4.25. The molecule has 0 fully saturated rings. The first-order valence-corrected chi connectivity index (χ1v) is 7.88. The molecule has 1 heterocycles. The number of nitrogens with zero attached hydrogens (tertiary/aromatic N) is 1. The van der Waals surface area contributed by atoms with Crippen LogP contribution in [-0.4, -0.2) is 25.0 Å². The summed E-state index contributed by atoms with van der Waals surface area (Å²) in [4.78, 5) is 26.5. The molecular weight excluding hydrogens is 304 g/mol. The lowest BCUT2D eigenvalue weighted by molar-refractivity contribution is -0.119. The lowest BCUT2D eigenvalue weighted by Crippen LogP contribution is -2.45. The zero-order valence-corrected chi connectivity index (χ0v) is 13.7. The van der Waals surface area contributed by atoms with Crippen molar-refractivity contribution in [2.75, 3.05) is 12.0 Å². The molecule has 2 aromatic carbocycles. The summed E-state index contributed by atoms with van der Waals surface area (Å²) in [6, 6.07) is 14.4. The van der Waals surface area contributed by atoms with E-state index >= 15 is 0 Å². The molecule has 1 aliphatic heterocycles. The molecule has 1 aliphatic rings. The van der Waals surface area contributed by atoms with Crippen molar-refractivity contribution in [3.63, 3.8) is 0 Å². The zero-order valence-electron chi connectivity index (χ0n) is 13.7. The normalized spacial score (nSPS) is 19.5. The number of rotatable bonds is 3. The molecule has 0 radical (unpaired) electrons. The van der Waals surface area contributed by atoms with Crippen molar-refractivity contribution in [2.45, 2.75) is 25.3 Å². The molecule has 3 rings (SSSR count). The number of carbonyl (C=O) groups is 2. The van der Waals surface area contributed by atoms with Crippen LogP contribution in [0.15, 0.2) is 48.5 Å². The number of benzene rings is 2. The van der Waals surface area contributed by atoms with Crippen LogP contribution in [0.25, 0.3) is 0 Å². The van der Waals surface area contributed by atoms with Crippen molar-refractivity contribution < 1.29 is 14.3 Å². The number of anilines is 1. The molecule has 2 N–H and O–H groups in total. The van der Waals surface area contributed by atoms with E-state index in [1.807, 2.05) is 31.2 Å². The van der Waals surface area contributed by atoms with E-state index in [0.29, 0.717) is 17.7 Å². The second-order valence-electron chi connectivity index (χ2n) is 6.00. The summed E-state index contributed by atoms with van der Waals surface area (Å²) in [5.74, 6) is -0.116. The largest absolute Gasteiger partial charge is 0.497 e. The fraction of sp³-hybridized carbons (Fsp3) is 0.263. The average molecular weight is 324 g/mol. The van der Waals surface area contributed by atoms with Crippen LogP contribution in [0.5, 0.6) is 5.75 Å². The van der Waals surface area contributed by atoms with Crippen molar-refractivity contribution in [3.8, 4) is 5.75 Å². The number of hydrogen-bond acceptors (Lipinski definition) is 3. The molecule has 24 heavy (non-hydrogen) atoms. The molecule has 5 heteroatoms. The van der Waals surface area contributed by atoms with Crippen LogP contribution in [0.3, 0.4) is 0 Å². The van der Waals surface area contributed by atoms with Gasteiger partial charge in [0.1, 0.15) is 5.75 Å². The summed E-state index contributed by atoms with van der Waals surface area (Å²) in [5.41, 5.74) is 7.69. The van der Waals surface area contributed by atoms with Gasteiger partial charge in [-0.15, -0.1) is 0 Å². The molecule has 0 spiro atoms. The van der Waals surface area contributed by atoms with Crippen molar-refractivity contribution in [1.82, 2.24) is 0 Å². The minimum atomic E-state index is -0.365. The minimum Gasteiger partial charge on any atom is -0.497 e. The molecule has 0 saturated heterocycles. The quantitative estimate of drug-likeness (QED) is 0.943. The van der Waals surface area contributed by atoms with Crippen LogP contribution in [0.1, 0.15) is 35.2 Å². The molecule has 2 unspecified atom stereocenters. The lowest BCUT2D eigenvalue weighted by Gasteiger charge is -2.38. The van der Waals surface area contributed by atoms with Crippen LogP contribution >= 0.6 is 0 Å². The molecule has 5 nitrogen and oxygen atoms in total. The van der Waals surface area contributed by atoms with Gasteiger partial charge in [0.25, 0.3) is 5.91 Å². The highest BCUT2D eigenvalue weighted by atomic mass is 16.5. The van der Waals surface area contributed by atoms with Crippen LogP contribution in [-0.2, 0) is 4.79 Å². The highest BCUT2D eigenvalue weighted by Gasteiger charge is 2.36. The van der Waals surface area contributed by atoms with Gasteiger partial charge < -0.3 is 15.4 Å². The zero-order chi connectivity index (χ0) is 17.3. The van der Waals surface area contributed by atoms with E-state index in [4.69, 9.17) is 10.5 Å². The van der Waals surface area contributed by atoms with E-state index in [1.54, 1.807) is 36.3 Å². The van der Waals surface area contributed by atoms with E-state index in [-0.39, 0.29) is 23.8 Å². The van der Waals surface area contributed by atoms with Gasteiger partial charge in [-0.25, -0.2) is 0 Å². The molecule has 0 aromatic heterocycles. The second-order valence-corrected chi connectivity index (χ2v) is 6.00. The van der Waals surface area contributed by atoms with Gasteiger partial charge in [-0.1, -0.05) is 18.2 Å². The summed E-state index contributed by atoms with van der Waals surface area (Å²) in [5, 5.41) is 0. The van der Waals surface area contributed by atoms with E-state index in [9.17, 15) is 9.59 Å². The lowest BCUT2D eigenvalue weighted by atomic mass is 9.85. The molecule has 2 amide bonds. The van der Waals surface area contributed by atoms with Crippen molar-refractivity contribution >= 4 is 17.5 Å². The Morgan fingerprint density at radius 2 is 1.79 bits per heavy atom. The van der Waals surface area contributed by atoms with Crippen LogP contribution in [0.4, 0.5) is 5.69 Å². The average Bonchev–Trinajstić information content (AvgIpc) is 2.60. The Labute approximate surface area is 141 Å². The molecule has 0 saturated carbocycles. The number of para-hydroxylation sites is 1. The van der Waals surface area contributed by atoms with E-state index in [1.165, 1.54) is 0 Å². The first kappa shape index (κ1) is 16.1. The smallest absolute Gasteiger partial charge is 0.258 e. The summed E-state index contributed by atoms with van der Waals surface area (Å²) in [6.07, 6.45) is 0.522. The van der Waals surface area contributed by atoms with Crippen molar-refractivity contribution in [2.24, 2.45) is 5.73 Å². The number of hydrogen-bond donors (Lipinski definition) is 1. The molecule has 0 bridgehead atoms. The number of ether oxygens (including phenoxy) is 1. The third-order valence-electron chi connectivity index (χ3n) is 4.49. The number of amides is 2. The fourth-order valence-corrected chi connectivity index (χ4v) is 3.26. The minimum absolute atomic E-state index is 0.0967. The van der Waals surface area contributed by atoms with Gasteiger partial charge in [-0.2, -0.15) is 0 Å². The molecule has 2 atom stereocenters. The van der Waals surface area contributed by atoms with Gasteiger partial charge in [0.05, 0.1) is 13.0 Å². The highest BCUT2D eigenvalue weighted by Crippen LogP contribution is 2.39. The summed E-state index contributed by atoms with van der Waals surface area (Å²) < 4.78 is 5.14. The highest BCUT2D eigenvalue weighted by molar-refractivity contribution is 6.08. The first-order chi connectivity index (χ1) is 11.5. The van der Waals surface area contributed by atoms with Gasteiger partial charge in [0, 0.05) is 17.3 Å². The number of carbonyl (C=O) groups excluding carboxylic acids is 2. The molecule has 0 aliphatic carbocycles. The second kappa shape index (κ2) is 6.35. The molecule has 2 aromatic rings. The maximum absolute atomic E-state index is 13.0. The number of primary amides is 1. The molecular formula is C19H20N2O3. The Hall–Kier alpha value is -2.82. The van der Waals surface area contributed by atoms with Crippen LogP contribution in [0, 0.1) is 0 Å². The van der Waals surface area contributed by atoms with Crippen LogP contribution in [0.2, 0.25) is 0 Å². The third kappa shape index (κ3) is 2.73. The predicted octanol–water partition coefficient (Wildman–Crippen LogP) is 2.70. The Balaban J connectivity index is 2.01. The van der Waals surface area contributed by atoms with Crippen molar-refractivity contribution in [3.05, 3.63) is 59.7 Å². The third-order valence-corrected chi connectivity index (χ3v) is 4.49. The fourth-order valence-electron chi connectivity index (χ4n) is 3.26. The van der Waals surface area contributed by atoms with Gasteiger partial charge in [0.2, 0.25) is 5.91 Å². The Bertz CT molecular complexity index is 770. The van der Waals surface area contributed by atoms with E-state index in [0.717, 1.165) is 11.3 Å². The van der Waals surface area contributed by atoms with Gasteiger partial charge >= 0.3 is 0 Å². The maximum atomic E-state index is 13.0. The first-order valence-electron chi connectivity index (χ1n) is 7.88. The Morgan fingerprint density at radius 3 is 2.42 bits per heavy atom. The standard InChI is InChI=1S/C19H20N2O3/c1-12-11-16(18(20)22)15-5-3-4-6-17(15)21(12)19(23)13-7-9-14(24-2)10-8-13/h3-10,12,16H,11H2,1-2H3,(H2,20,22). The SMILES string of the molecule is COc1ccc(C(=O)N2c3ccccc3C(C(N)=O)CC2C)cc1. The molecule has 124 valence electrons. The summed E-state index contributed by atoms with van der Waals surface area (Å²) in [6.45, 7) is 1.94. The van der Waals surface area contributed by atoms with Gasteiger partial charge in [-0.05, 0) is 49.2 Å². The van der Waals surface area contributed by atoms with Crippen molar-refractivity contribution in [1.29, 1.82) is 0 Å². The topological polar surface area (TPSA) is 72.6 Å². The maximum Gasteiger partial charge on any atom is 0.258 e. The number of fused-ring (bicyclic) bond motifs is 1. The summed E-state index contributed by atoms with van der Waals surface area (Å²) in [7, 11) is 1.59. The number of methoxy groups -OCH3 is 1. The monoisotopic (exact) mass is 324 g/mol. The van der Waals surface area contributed by atoms with Gasteiger partial charge in [-0.3, -0.25) is 9.59 Å². The van der Waals surface area contributed by atoms with E-state index in [2.05, 4.69) is 0 Å². The van der Waals surface area contributed by atoms with Crippen LogP contribution < -0.4 is 15.4 Å². The van der Waals surface area contributed by atoms with E-state index < -0.39 is 0 Å².